The van der Waals surface area contributed by atoms with Crippen molar-refractivity contribution < 1.29 is 8.78 Å². The van der Waals surface area contributed by atoms with E-state index in [1.807, 2.05) is 31.2 Å². The molecule has 0 fully saturated rings. The zero-order valence-electron chi connectivity index (χ0n) is 16.0. The number of H-pyrrole nitrogens is 1. The third kappa shape index (κ3) is 3.74. The maximum Gasteiger partial charge on any atom is 0.159 e. The predicted octanol–water partition coefficient (Wildman–Crippen LogP) is 5.01. The third-order valence-electron chi connectivity index (χ3n) is 4.94. The van der Waals surface area contributed by atoms with Crippen LogP contribution in [0, 0.1) is 18.6 Å². The number of fused-ring (bicyclic) bond motifs is 1. The van der Waals surface area contributed by atoms with Crippen LogP contribution < -0.4 is 5.32 Å². The van der Waals surface area contributed by atoms with Crippen molar-refractivity contribution in [2.75, 3.05) is 6.54 Å². The summed E-state index contributed by atoms with van der Waals surface area (Å²) < 4.78 is 28.2. The molecule has 29 heavy (non-hydrogen) atoms. The molecule has 0 atom stereocenters. The van der Waals surface area contributed by atoms with Gasteiger partial charge in [-0.3, -0.25) is 0 Å². The van der Waals surface area contributed by atoms with Gasteiger partial charge in [0, 0.05) is 41.3 Å². The normalized spacial score (nSPS) is 11.0. The maximum absolute atomic E-state index is 14.2. The van der Waals surface area contributed by atoms with Crippen LogP contribution in [-0.4, -0.2) is 21.5 Å². The molecule has 2 heterocycles. The van der Waals surface area contributed by atoms with Gasteiger partial charge in [-0.15, -0.1) is 0 Å². The van der Waals surface area contributed by atoms with Gasteiger partial charge in [-0.2, -0.15) is 0 Å². The van der Waals surface area contributed by atoms with E-state index >= 15 is 0 Å². The first-order valence-electron chi connectivity index (χ1n) is 9.30. The lowest BCUT2D eigenvalue weighted by Crippen LogP contribution is -2.15. The Morgan fingerprint density at radius 3 is 2.45 bits per heavy atom. The third-order valence-corrected chi connectivity index (χ3v) is 4.94. The summed E-state index contributed by atoms with van der Waals surface area (Å²) in [6, 6.07) is 11.9. The summed E-state index contributed by atoms with van der Waals surface area (Å²) in [6.45, 7) is 6.45. The molecule has 4 nitrogen and oxygen atoms in total. The van der Waals surface area contributed by atoms with Gasteiger partial charge < -0.3 is 10.3 Å². The lowest BCUT2D eigenvalue weighted by molar-refractivity contribution is 0.616. The molecule has 0 amide bonds. The van der Waals surface area contributed by atoms with Crippen molar-refractivity contribution in [3.8, 4) is 11.4 Å². The lowest BCUT2D eigenvalue weighted by Gasteiger charge is -2.11. The minimum absolute atomic E-state index is 0.218. The molecule has 0 aliphatic heterocycles. The number of nitrogens with one attached hydrogen (secondary N) is 2. The number of aromatic amines is 1. The quantitative estimate of drug-likeness (QED) is 0.486. The Hall–Kier alpha value is -3.54. The molecule has 0 unspecified atom stereocenters. The van der Waals surface area contributed by atoms with Crippen LogP contribution in [0.4, 0.5) is 8.78 Å². The van der Waals surface area contributed by atoms with Gasteiger partial charge in [-0.1, -0.05) is 30.8 Å². The zero-order valence-corrected chi connectivity index (χ0v) is 16.0. The van der Waals surface area contributed by atoms with Gasteiger partial charge in [-0.05, 0) is 42.7 Å². The summed E-state index contributed by atoms with van der Waals surface area (Å²) in [5.74, 6) is -0.199. The van der Waals surface area contributed by atoms with Gasteiger partial charge in [0.05, 0.1) is 5.52 Å². The first-order chi connectivity index (χ1) is 14.0. The van der Waals surface area contributed by atoms with E-state index in [-0.39, 0.29) is 5.52 Å². The molecule has 0 aliphatic carbocycles. The number of aryl methyl sites for hydroxylation is 1. The summed E-state index contributed by atoms with van der Waals surface area (Å²) in [7, 11) is 0. The van der Waals surface area contributed by atoms with Crippen molar-refractivity contribution in [2.24, 2.45) is 0 Å². The average molecular weight is 390 g/mol. The lowest BCUT2D eigenvalue weighted by atomic mass is 10.1. The van der Waals surface area contributed by atoms with Gasteiger partial charge in [0.15, 0.2) is 5.82 Å². The van der Waals surface area contributed by atoms with Crippen molar-refractivity contribution >= 4 is 16.6 Å². The summed E-state index contributed by atoms with van der Waals surface area (Å²) in [6.07, 6.45) is 3.96. The van der Waals surface area contributed by atoms with Crippen LogP contribution in [-0.2, 0) is 6.42 Å². The van der Waals surface area contributed by atoms with Crippen molar-refractivity contribution in [3.63, 3.8) is 0 Å². The molecule has 0 radical (unpaired) electrons. The first-order valence-corrected chi connectivity index (χ1v) is 9.30. The summed E-state index contributed by atoms with van der Waals surface area (Å²) >= 11 is 0. The van der Waals surface area contributed by atoms with E-state index in [9.17, 15) is 8.78 Å². The second-order valence-corrected chi connectivity index (χ2v) is 6.81. The number of hydrogen-bond donors (Lipinski definition) is 2. The van der Waals surface area contributed by atoms with Crippen molar-refractivity contribution in [1.29, 1.82) is 0 Å². The largest absolute Gasteiger partial charge is 0.385 e. The van der Waals surface area contributed by atoms with Crippen LogP contribution in [0.5, 0.6) is 0 Å². The number of rotatable bonds is 6. The highest BCUT2D eigenvalue weighted by Crippen LogP contribution is 2.27. The topological polar surface area (TPSA) is 53.6 Å². The Morgan fingerprint density at radius 2 is 1.72 bits per heavy atom. The van der Waals surface area contributed by atoms with Crippen LogP contribution in [0.3, 0.4) is 0 Å². The van der Waals surface area contributed by atoms with Crippen LogP contribution in [0.1, 0.15) is 16.8 Å². The fourth-order valence-corrected chi connectivity index (χ4v) is 3.44. The van der Waals surface area contributed by atoms with Gasteiger partial charge in [0.1, 0.15) is 11.6 Å². The van der Waals surface area contributed by atoms with E-state index in [1.165, 1.54) is 6.07 Å². The van der Waals surface area contributed by atoms with Gasteiger partial charge in [0.2, 0.25) is 0 Å². The average Bonchev–Trinajstić information content (AvgIpc) is 3.09. The Morgan fingerprint density at radius 1 is 1.03 bits per heavy atom. The van der Waals surface area contributed by atoms with E-state index < -0.39 is 11.6 Å². The predicted molar refractivity (Wildman–Crippen MR) is 111 cm³/mol. The standard InChI is InChI=1S/C23H20F2N4/c1-14(16-4-6-17(7-5-16)23-27-11-3-12-28-23)26-13-10-18-15(2)29-22-20(25)9-8-19(24)21(18)22/h3-9,11-12,26,29H,1,10,13H2,2H3. The molecule has 4 rings (SSSR count). The van der Waals surface area contributed by atoms with Crippen molar-refractivity contribution in [3.05, 3.63) is 89.9 Å². The first kappa shape index (κ1) is 18.8. The fraction of sp³-hybridized carbons (Fsp3) is 0.130. The number of hydrogen-bond acceptors (Lipinski definition) is 3. The Bertz CT molecular complexity index is 1170. The fourth-order valence-electron chi connectivity index (χ4n) is 3.44. The van der Waals surface area contributed by atoms with E-state index in [0.29, 0.717) is 24.2 Å². The van der Waals surface area contributed by atoms with Crippen LogP contribution in [0.2, 0.25) is 0 Å². The van der Waals surface area contributed by atoms with Crippen molar-refractivity contribution in [2.45, 2.75) is 13.3 Å². The summed E-state index contributed by atoms with van der Waals surface area (Å²) in [5.41, 5.74) is 4.38. The molecule has 0 bridgehead atoms. The number of halogens is 2. The molecular weight excluding hydrogens is 370 g/mol. The smallest absolute Gasteiger partial charge is 0.159 e. The Labute approximate surface area is 167 Å². The Kier molecular flexibility index (Phi) is 5.08. The highest BCUT2D eigenvalue weighted by atomic mass is 19.1. The second-order valence-electron chi connectivity index (χ2n) is 6.81. The molecule has 2 N–H and O–H groups in total. The minimum Gasteiger partial charge on any atom is -0.385 e. The van der Waals surface area contributed by atoms with Crippen LogP contribution in [0.15, 0.2) is 61.4 Å². The number of benzene rings is 2. The highest BCUT2D eigenvalue weighted by Gasteiger charge is 2.15. The maximum atomic E-state index is 14.2. The van der Waals surface area contributed by atoms with Crippen LogP contribution >= 0.6 is 0 Å². The minimum atomic E-state index is -0.449. The molecule has 0 spiro atoms. The number of nitrogens with zero attached hydrogens (tertiary/aromatic N) is 2. The van der Waals surface area contributed by atoms with E-state index in [1.54, 1.807) is 18.5 Å². The van der Waals surface area contributed by atoms with E-state index in [2.05, 4.69) is 26.8 Å². The monoisotopic (exact) mass is 390 g/mol. The summed E-state index contributed by atoms with van der Waals surface area (Å²) in [5, 5.41) is 3.59. The summed E-state index contributed by atoms with van der Waals surface area (Å²) in [4.78, 5) is 11.4. The molecule has 2 aromatic heterocycles. The second kappa shape index (κ2) is 7.83. The molecule has 0 aliphatic rings. The molecular formula is C23H20F2N4. The Balaban J connectivity index is 1.44. The van der Waals surface area contributed by atoms with Gasteiger partial charge in [-0.25, -0.2) is 18.7 Å². The number of aromatic nitrogens is 3. The van der Waals surface area contributed by atoms with Gasteiger partial charge in [0.25, 0.3) is 0 Å². The van der Waals surface area contributed by atoms with E-state index in [0.717, 1.165) is 34.1 Å². The molecule has 2 aromatic carbocycles. The SMILES string of the molecule is C=C(NCCc1c(C)[nH]c2c(F)ccc(F)c12)c1ccc(-c2ncccn2)cc1. The molecule has 0 saturated heterocycles. The molecule has 6 heteroatoms. The molecule has 4 aromatic rings. The zero-order chi connectivity index (χ0) is 20.4. The van der Waals surface area contributed by atoms with Gasteiger partial charge >= 0.3 is 0 Å². The van der Waals surface area contributed by atoms with E-state index in [4.69, 9.17) is 0 Å². The molecule has 0 saturated carbocycles. The van der Waals surface area contributed by atoms with Crippen LogP contribution in [0.25, 0.3) is 28.0 Å². The highest BCUT2D eigenvalue weighted by molar-refractivity contribution is 5.85. The molecule has 146 valence electrons. The van der Waals surface area contributed by atoms with Crippen molar-refractivity contribution in [1.82, 2.24) is 20.3 Å².